The van der Waals surface area contributed by atoms with Gasteiger partial charge >= 0.3 is 12.1 Å². The van der Waals surface area contributed by atoms with Crippen molar-refractivity contribution in [2.75, 3.05) is 0 Å². The largest absolute Gasteiger partial charge is 0.458 e. The van der Waals surface area contributed by atoms with Crippen molar-refractivity contribution < 1.29 is 19.1 Å². The Morgan fingerprint density at radius 3 is 2.33 bits per heavy atom. The van der Waals surface area contributed by atoms with Crippen molar-refractivity contribution in [3.63, 3.8) is 0 Å². The molecule has 0 radical (unpaired) electrons. The first-order valence-electron chi connectivity index (χ1n) is 6.11. The fourth-order valence-corrected chi connectivity index (χ4v) is 1.68. The molecule has 0 saturated carbocycles. The summed E-state index contributed by atoms with van der Waals surface area (Å²) in [4.78, 5) is 22.3. The summed E-state index contributed by atoms with van der Waals surface area (Å²) in [6.45, 7) is 6.85. The lowest BCUT2D eigenvalue weighted by molar-refractivity contribution is -0.144. The maximum Gasteiger partial charge on any atom is 0.408 e. The Bertz CT molecular complexity index is 343. The van der Waals surface area contributed by atoms with Crippen molar-refractivity contribution in [1.82, 2.24) is 5.32 Å². The van der Waals surface area contributed by atoms with Crippen LogP contribution in [0.4, 0.5) is 4.79 Å². The monoisotopic (exact) mass is 255 g/mol. The van der Waals surface area contributed by atoms with Gasteiger partial charge in [-0.1, -0.05) is 6.08 Å². The van der Waals surface area contributed by atoms with E-state index < -0.39 is 11.7 Å². The predicted molar refractivity (Wildman–Crippen MR) is 67.1 cm³/mol. The second-order valence-corrected chi connectivity index (χ2v) is 5.36. The average molecular weight is 255 g/mol. The molecule has 1 aliphatic carbocycles. The average Bonchev–Trinajstić information content (AvgIpc) is 2.17. The highest BCUT2D eigenvalue weighted by Crippen LogP contribution is 2.15. The minimum absolute atomic E-state index is 0.0633. The molecule has 18 heavy (non-hydrogen) atoms. The minimum atomic E-state index is -0.497. The molecular formula is C13H21NO4. The molecule has 0 aromatic rings. The van der Waals surface area contributed by atoms with Gasteiger partial charge in [-0.2, -0.15) is 0 Å². The summed E-state index contributed by atoms with van der Waals surface area (Å²) in [6.07, 6.45) is 4.46. The van der Waals surface area contributed by atoms with E-state index in [4.69, 9.17) is 9.47 Å². The quantitative estimate of drug-likeness (QED) is 0.606. The summed E-state index contributed by atoms with van der Waals surface area (Å²) in [5, 5.41) is 2.76. The normalized spacial score (nSPS) is 23.3. The molecule has 0 aromatic carbocycles. The van der Waals surface area contributed by atoms with Gasteiger partial charge in [0, 0.05) is 6.92 Å². The van der Waals surface area contributed by atoms with E-state index in [-0.39, 0.29) is 18.1 Å². The number of carbonyl (C=O) groups excluding carboxylic acids is 2. The number of carbonyl (C=O) groups is 2. The Labute approximate surface area is 108 Å². The van der Waals surface area contributed by atoms with E-state index in [2.05, 4.69) is 5.32 Å². The molecule has 102 valence electrons. The first-order chi connectivity index (χ1) is 8.26. The Kier molecular flexibility index (Phi) is 4.76. The second-order valence-electron chi connectivity index (χ2n) is 5.36. The van der Waals surface area contributed by atoms with E-state index in [0.717, 1.165) is 6.42 Å². The third-order valence-corrected chi connectivity index (χ3v) is 2.34. The smallest absolute Gasteiger partial charge is 0.408 e. The van der Waals surface area contributed by atoms with Crippen LogP contribution in [0.2, 0.25) is 0 Å². The molecule has 1 aliphatic rings. The van der Waals surface area contributed by atoms with Crippen molar-refractivity contribution in [2.24, 2.45) is 0 Å². The molecule has 5 heteroatoms. The Hall–Kier alpha value is -1.52. The number of nitrogens with one attached hydrogen (secondary N) is 1. The minimum Gasteiger partial charge on any atom is -0.458 e. The molecule has 0 spiro atoms. The first-order valence-corrected chi connectivity index (χ1v) is 6.11. The van der Waals surface area contributed by atoms with Crippen LogP contribution in [0.1, 0.15) is 40.5 Å². The maximum absolute atomic E-state index is 11.5. The van der Waals surface area contributed by atoms with Gasteiger partial charge in [0.1, 0.15) is 11.7 Å². The molecule has 0 fully saturated rings. The third-order valence-electron chi connectivity index (χ3n) is 2.34. The molecule has 1 rings (SSSR count). The van der Waals surface area contributed by atoms with Crippen LogP contribution in [0, 0.1) is 0 Å². The van der Waals surface area contributed by atoms with Crippen molar-refractivity contribution in [1.29, 1.82) is 0 Å². The number of esters is 1. The number of rotatable bonds is 2. The standard InChI is InChI=1S/C13H21NO4/c1-9(15)17-11-7-5-10(6-8-11)14-12(16)18-13(2,3)4/h5,7,10-11H,6,8H2,1-4H3,(H,14,16)/t10-,11+/m1/s1. The van der Waals surface area contributed by atoms with Crippen molar-refractivity contribution in [3.05, 3.63) is 12.2 Å². The van der Waals surface area contributed by atoms with Gasteiger partial charge in [-0.05, 0) is 39.7 Å². The summed E-state index contributed by atoms with van der Waals surface area (Å²) >= 11 is 0. The zero-order chi connectivity index (χ0) is 13.8. The van der Waals surface area contributed by atoms with Crippen LogP contribution in [-0.4, -0.2) is 29.8 Å². The number of ether oxygens (including phenoxy) is 2. The Morgan fingerprint density at radius 1 is 1.22 bits per heavy atom. The van der Waals surface area contributed by atoms with E-state index in [9.17, 15) is 9.59 Å². The highest BCUT2D eigenvalue weighted by Gasteiger charge is 2.22. The van der Waals surface area contributed by atoms with Crippen molar-refractivity contribution in [3.8, 4) is 0 Å². The Morgan fingerprint density at radius 2 is 1.89 bits per heavy atom. The summed E-state index contributed by atoms with van der Waals surface area (Å²) in [7, 11) is 0. The molecule has 0 heterocycles. The van der Waals surface area contributed by atoms with E-state index in [1.165, 1.54) is 6.92 Å². The van der Waals surface area contributed by atoms with Crippen LogP contribution in [0.3, 0.4) is 0 Å². The van der Waals surface area contributed by atoms with Crippen LogP contribution >= 0.6 is 0 Å². The predicted octanol–water partition coefficient (Wildman–Crippen LogP) is 2.16. The van der Waals surface area contributed by atoms with Crippen LogP contribution < -0.4 is 5.32 Å². The zero-order valence-corrected chi connectivity index (χ0v) is 11.4. The van der Waals surface area contributed by atoms with E-state index in [0.29, 0.717) is 6.42 Å². The first kappa shape index (κ1) is 14.5. The molecule has 1 N–H and O–H groups in total. The number of alkyl carbamates (subject to hydrolysis) is 1. The van der Waals surface area contributed by atoms with Crippen LogP contribution in [-0.2, 0) is 14.3 Å². The zero-order valence-electron chi connectivity index (χ0n) is 11.4. The summed E-state index contributed by atoms with van der Waals surface area (Å²) in [5.41, 5.74) is -0.497. The van der Waals surface area contributed by atoms with Gasteiger partial charge in [0.15, 0.2) is 0 Å². The number of hydrogen-bond donors (Lipinski definition) is 1. The molecule has 0 saturated heterocycles. The molecule has 0 aliphatic heterocycles. The van der Waals surface area contributed by atoms with Gasteiger partial charge in [-0.25, -0.2) is 4.79 Å². The fraction of sp³-hybridized carbons (Fsp3) is 0.692. The molecule has 1 amide bonds. The van der Waals surface area contributed by atoms with E-state index in [1.807, 2.05) is 26.8 Å². The van der Waals surface area contributed by atoms with Crippen LogP contribution in [0.15, 0.2) is 12.2 Å². The fourth-order valence-electron chi connectivity index (χ4n) is 1.68. The number of amides is 1. The van der Waals surface area contributed by atoms with Crippen LogP contribution in [0.5, 0.6) is 0 Å². The molecule has 0 bridgehead atoms. The van der Waals surface area contributed by atoms with Crippen molar-refractivity contribution in [2.45, 2.75) is 58.3 Å². The topological polar surface area (TPSA) is 64.6 Å². The molecule has 0 unspecified atom stereocenters. The van der Waals surface area contributed by atoms with Gasteiger partial charge in [0.25, 0.3) is 0 Å². The molecular weight excluding hydrogens is 234 g/mol. The molecule has 5 nitrogen and oxygen atoms in total. The SMILES string of the molecule is CC(=O)O[C@H]1C=C[C@@H](NC(=O)OC(C)(C)C)CC1. The highest BCUT2D eigenvalue weighted by molar-refractivity contribution is 5.68. The van der Waals surface area contributed by atoms with Gasteiger partial charge in [-0.15, -0.1) is 0 Å². The second kappa shape index (κ2) is 5.89. The highest BCUT2D eigenvalue weighted by atomic mass is 16.6. The third kappa shape index (κ3) is 5.70. The number of hydrogen-bond acceptors (Lipinski definition) is 4. The molecule has 2 atom stereocenters. The van der Waals surface area contributed by atoms with Crippen molar-refractivity contribution >= 4 is 12.1 Å². The van der Waals surface area contributed by atoms with E-state index >= 15 is 0 Å². The molecule has 0 aromatic heterocycles. The lowest BCUT2D eigenvalue weighted by Gasteiger charge is -2.25. The van der Waals surface area contributed by atoms with Gasteiger partial charge in [0.05, 0.1) is 6.04 Å². The van der Waals surface area contributed by atoms with Gasteiger partial charge in [0.2, 0.25) is 0 Å². The lowest BCUT2D eigenvalue weighted by Crippen LogP contribution is -2.40. The summed E-state index contributed by atoms with van der Waals surface area (Å²) in [5.74, 6) is -0.289. The van der Waals surface area contributed by atoms with E-state index in [1.54, 1.807) is 6.08 Å². The van der Waals surface area contributed by atoms with Gasteiger partial charge < -0.3 is 14.8 Å². The summed E-state index contributed by atoms with van der Waals surface area (Å²) in [6, 6.07) is -0.0633. The van der Waals surface area contributed by atoms with Gasteiger partial charge in [-0.3, -0.25) is 4.79 Å². The lowest BCUT2D eigenvalue weighted by atomic mass is 10.0. The van der Waals surface area contributed by atoms with Crippen LogP contribution in [0.25, 0.3) is 0 Å². The summed E-state index contributed by atoms with van der Waals surface area (Å²) < 4.78 is 10.2. The Balaban J connectivity index is 2.38. The maximum atomic E-state index is 11.5.